The Labute approximate surface area is 201 Å². The van der Waals surface area contributed by atoms with Crippen molar-refractivity contribution in [2.75, 3.05) is 27.4 Å². The topological polar surface area (TPSA) is 89.8 Å². The molecule has 0 aliphatic heterocycles. The molecule has 3 rings (SSSR count). The Hall–Kier alpha value is -3.26. The van der Waals surface area contributed by atoms with Crippen molar-refractivity contribution in [1.29, 1.82) is 0 Å². The first-order chi connectivity index (χ1) is 15.9. The van der Waals surface area contributed by atoms with Crippen LogP contribution in [0.5, 0.6) is 5.75 Å². The second kappa shape index (κ2) is 11.6. The third-order valence-electron chi connectivity index (χ3n) is 4.55. The largest absolute Gasteiger partial charge is 0.497 e. The van der Waals surface area contributed by atoms with Gasteiger partial charge in [0.1, 0.15) is 23.0 Å². The van der Waals surface area contributed by atoms with E-state index in [0.29, 0.717) is 39.5 Å². The van der Waals surface area contributed by atoms with E-state index >= 15 is 0 Å². The molecule has 0 atom stereocenters. The summed E-state index contributed by atoms with van der Waals surface area (Å²) in [5, 5.41) is 6.16. The minimum absolute atomic E-state index is 0.0157. The molecular formula is C24H22Cl2N2O5. The monoisotopic (exact) mass is 488 g/mol. The maximum Gasteiger partial charge on any atom is 0.268 e. The summed E-state index contributed by atoms with van der Waals surface area (Å²) >= 11 is 12.1. The lowest BCUT2D eigenvalue weighted by Crippen LogP contribution is -2.36. The van der Waals surface area contributed by atoms with E-state index in [-0.39, 0.29) is 12.2 Å². The number of hydrogen-bond acceptors (Lipinski definition) is 5. The molecule has 0 unspecified atom stereocenters. The van der Waals surface area contributed by atoms with Gasteiger partial charge in [-0.1, -0.05) is 23.2 Å². The number of furan rings is 1. The highest BCUT2D eigenvalue weighted by Crippen LogP contribution is 2.30. The summed E-state index contributed by atoms with van der Waals surface area (Å²) in [5.74, 6) is 0.567. The average Bonchev–Trinajstić information content (AvgIpc) is 3.29. The number of methoxy groups -OCH3 is 2. The summed E-state index contributed by atoms with van der Waals surface area (Å²) in [7, 11) is 3.07. The third-order valence-corrected chi connectivity index (χ3v) is 5.29. The van der Waals surface area contributed by atoms with Crippen molar-refractivity contribution in [2.24, 2.45) is 0 Å². The highest BCUT2D eigenvalue weighted by Gasteiger charge is 2.16. The number of amides is 2. The van der Waals surface area contributed by atoms with Gasteiger partial charge in [-0.2, -0.15) is 0 Å². The summed E-state index contributed by atoms with van der Waals surface area (Å²) in [6.07, 6.45) is 1.45. The molecule has 0 aliphatic rings. The molecule has 1 aromatic heterocycles. The smallest absolute Gasteiger partial charge is 0.268 e. The van der Waals surface area contributed by atoms with Gasteiger partial charge in [0.25, 0.3) is 11.8 Å². The maximum absolute atomic E-state index is 12.7. The first-order valence-corrected chi connectivity index (χ1v) is 10.7. The molecule has 0 aliphatic carbocycles. The molecule has 172 valence electrons. The Morgan fingerprint density at radius 2 is 1.76 bits per heavy atom. The fraction of sp³-hybridized carbons (Fsp3) is 0.167. The first-order valence-electron chi connectivity index (χ1n) is 9.90. The SMILES string of the molecule is COCCNC(=O)/C(=C/c1ccc(-c2ccc(Cl)c(Cl)c2)o1)NC(=O)c1ccc(OC)cc1. The van der Waals surface area contributed by atoms with Crippen LogP contribution in [0, 0.1) is 0 Å². The van der Waals surface area contributed by atoms with Gasteiger partial charge in [-0.15, -0.1) is 0 Å². The van der Waals surface area contributed by atoms with Crippen LogP contribution in [0.4, 0.5) is 0 Å². The lowest BCUT2D eigenvalue weighted by Gasteiger charge is -2.11. The summed E-state index contributed by atoms with van der Waals surface area (Å²) in [6, 6.07) is 15.1. The predicted molar refractivity (Wildman–Crippen MR) is 127 cm³/mol. The van der Waals surface area contributed by atoms with E-state index in [0.717, 1.165) is 5.56 Å². The number of benzene rings is 2. The van der Waals surface area contributed by atoms with Crippen LogP contribution in [0.15, 0.2) is 64.7 Å². The van der Waals surface area contributed by atoms with Crippen molar-refractivity contribution in [1.82, 2.24) is 10.6 Å². The summed E-state index contributed by atoms with van der Waals surface area (Å²) in [4.78, 5) is 25.4. The van der Waals surface area contributed by atoms with Crippen LogP contribution >= 0.6 is 23.2 Å². The van der Waals surface area contributed by atoms with Gasteiger partial charge >= 0.3 is 0 Å². The van der Waals surface area contributed by atoms with Crippen molar-refractivity contribution in [3.63, 3.8) is 0 Å². The summed E-state index contributed by atoms with van der Waals surface area (Å²) in [6.45, 7) is 0.603. The fourth-order valence-corrected chi connectivity index (χ4v) is 3.13. The molecule has 2 N–H and O–H groups in total. The number of nitrogens with one attached hydrogen (secondary N) is 2. The second-order valence-corrected chi connectivity index (χ2v) is 7.63. The minimum atomic E-state index is -0.485. The molecule has 9 heteroatoms. The van der Waals surface area contributed by atoms with Gasteiger partial charge in [-0.3, -0.25) is 9.59 Å². The average molecular weight is 489 g/mol. The zero-order valence-corrected chi connectivity index (χ0v) is 19.5. The van der Waals surface area contributed by atoms with E-state index in [1.807, 2.05) is 0 Å². The lowest BCUT2D eigenvalue weighted by atomic mass is 10.2. The van der Waals surface area contributed by atoms with E-state index in [9.17, 15) is 9.59 Å². The molecule has 2 aromatic carbocycles. The second-order valence-electron chi connectivity index (χ2n) is 6.82. The lowest BCUT2D eigenvalue weighted by molar-refractivity contribution is -0.117. The number of halogens is 2. The molecule has 0 bridgehead atoms. The summed E-state index contributed by atoms with van der Waals surface area (Å²) in [5.41, 5.74) is 1.10. The van der Waals surface area contributed by atoms with Crippen LogP contribution in [0.2, 0.25) is 10.0 Å². The van der Waals surface area contributed by atoms with Gasteiger partial charge in [0, 0.05) is 30.9 Å². The van der Waals surface area contributed by atoms with Gasteiger partial charge in [-0.05, 0) is 54.6 Å². The molecule has 0 fully saturated rings. The van der Waals surface area contributed by atoms with E-state index < -0.39 is 11.8 Å². The third kappa shape index (κ3) is 6.61. The highest BCUT2D eigenvalue weighted by atomic mass is 35.5. The first kappa shape index (κ1) is 24.4. The number of hydrogen-bond donors (Lipinski definition) is 2. The molecule has 0 spiro atoms. The molecule has 7 nitrogen and oxygen atoms in total. The van der Waals surface area contributed by atoms with E-state index in [2.05, 4.69) is 10.6 Å². The van der Waals surface area contributed by atoms with Crippen LogP contribution in [-0.4, -0.2) is 39.2 Å². The molecule has 3 aromatic rings. The minimum Gasteiger partial charge on any atom is -0.497 e. The highest BCUT2D eigenvalue weighted by molar-refractivity contribution is 6.42. The fourth-order valence-electron chi connectivity index (χ4n) is 2.83. The van der Waals surface area contributed by atoms with Gasteiger partial charge in [-0.25, -0.2) is 0 Å². The normalized spacial score (nSPS) is 11.2. The standard InChI is InChI=1S/C24H22Cl2N2O5/c1-31-12-11-27-24(30)21(28-23(29)15-3-6-17(32-2)7-4-15)14-18-8-10-22(33-18)16-5-9-19(25)20(26)13-16/h3-10,13-14H,11-12H2,1-2H3,(H,27,30)(H,28,29)/b21-14-. The van der Waals surface area contributed by atoms with Gasteiger partial charge < -0.3 is 24.5 Å². The van der Waals surface area contributed by atoms with Gasteiger partial charge in [0.2, 0.25) is 0 Å². The molecule has 0 saturated carbocycles. The molecule has 0 radical (unpaired) electrons. The molecule has 0 saturated heterocycles. The predicted octanol–water partition coefficient (Wildman–Crippen LogP) is 4.80. The van der Waals surface area contributed by atoms with Crippen molar-refractivity contribution >= 4 is 41.1 Å². The van der Waals surface area contributed by atoms with E-state index in [1.165, 1.54) is 20.3 Å². The molecule has 2 amide bonds. The van der Waals surface area contributed by atoms with E-state index in [1.54, 1.807) is 54.6 Å². The number of carbonyl (C=O) groups excluding carboxylic acids is 2. The number of rotatable bonds is 9. The molecule has 1 heterocycles. The Balaban J connectivity index is 1.85. The van der Waals surface area contributed by atoms with Crippen molar-refractivity contribution in [3.8, 4) is 17.1 Å². The zero-order valence-electron chi connectivity index (χ0n) is 18.0. The van der Waals surface area contributed by atoms with E-state index in [4.69, 9.17) is 37.1 Å². The van der Waals surface area contributed by atoms with Crippen LogP contribution in [-0.2, 0) is 9.53 Å². The Kier molecular flexibility index (Phi) is 8.54. The Morgan fingerprint density at radius 3 is 2.42 bits per heavy atom. The number of ether oxygens (including phenoxy) is 2. The Bertz CT molecular complexity index is 1160. The summed E-state index contributed by atoms with van der Waals surface area (Å²) < 4.78 is 15.9. The Morgan fingerprint density at radius 1 is 1.00 bits per heavy atom. The van der Waals surface area contributed by atoms with Crippen LogP contribution in [0.25, 0.3) is 17.4 Å². The quantitative estimate of drug-likeness (QED) is 0.333. The van der Waals surface area contributed by atoms with Crippen LogP contribution in [0.3, 0.4) is 0 Å². The molecule has 33 heavy (non-hydrogen) atoms. The van der Waals surface area contributed by atoms with Crippen LogP contribution < -0.4 is 15.4 Å². The van der Waals surface area contributed by atoms with Gasteiger partial charge in [0.05, 0.1) is 23.8 Å². The molecular weight excluding hydrogens is 467 g/mol. The van der Waals surface area contributed by atoms with Gasteiger partial charge in [0.15, 0.2) is 0 Å². The maximum atomic E-state index is 12.7. The van der Waals surface area contributed by atoms with Crippen molar-refractivity contribution in [2.45, 2.75) is 0 Å². The van der Waals surface area contributed by atoms with Crippen molar-refractivity contribution < 1.29 is 23.5 Å². The van der Waals surface area contributed by atoms with Crippen LogP contribution in [0.1, 0.15) is 16.1 Å². The number of carbonyl (C=O) groups is 2. The zero-order chi connectivity index (χ0) is 23.8. The van der Waals surface area contributed by atoms with Crippen molar-refractivity contribution in [3.05, 3.63) is 81.7 Å².